The number of esters is 1. The molecule has 166 valence electrons. The fourth-order valence-electron chi connectivity index (χ4n) is 3.68. The number of carbonyl (C=O) groups excluding carboxylic acids is 2. The maximum absolute atomic E-state index is 13.9. The fraction of sp³-hybridized carbons (Fsp3) is 0.292. The van der Waals surface area contributed by atoms with Crippen LogP contribution in [0.5, 0.6) is 0 Å². The second-order valence-electron chi connectivity index (χ2n) is 7.69. The van der Waals surface area contributed by atoms with Gasteiger partial charge in [0.05, 0.1) is 11.5 Å². The van der Waals surface area contributed by atoms with E-state index >= 15 is 0 Å². The monoisotopic (exact) mass is 440 g/mol. The number of hydrogen-bond donors (Lipinski definition) is 0. The number of likely N-dealkylation sites (tertiary alicyclic amines) is 1. The van der Waals surface area contributed by atoms with E-state index < -0.39 is 17.5 Å². The molecule has 0 atom stereocenters. The molecule has 1 amide bonds. The number of rotatable bonds is 5. The van der Waals surface area contributed by atoms with E-state index in [-0.39, 0.29) is 37.1 Å². The smallest absolute Gasteiger partial charge is 0.309 e. The molecular formula is C24H22F2N2O4. The van der Waals surface area contributed by atoms with Crippen molar-refractivity contribution in [1.29, 1.82) is 0 Å². The van der Waals surface area contributed by atoms with Gasteiger partial charge in [-0.1, -0.05) is 18.2 Å². The van der Waals surface area contributed by atoms with Crippen molar-refractivity contribution < 1.29 is 27.5 Å². The minimum absolute atomic E-state index is 0.000928. The summed E-state index contributed by atoms with van der Waals surface area (Å²) in [5, 5.41) is 0. The first-order valence-corrected chi connectivity index (χ1v) is 10.3. The van der Waals surface area contributed by atoms with E-state index in [0.29, 0.717) is 36.3 Å². The lowest BCUT2D eigenvalue weighted by molar-refractivity contribution is -0.151. The standard InChI is InChI=1S/C24H22F2N2O4/c1-15-21(27-22(32-15)16-5-3-2-4-6-16)14-31-24(30)17-9-11-28(12-10-17)23(29)19-8-7-18(25)13-20(19)26/h2-8,13,17H,9-12,14H2,1H3. The molecule has 0 radical (unpaired) electrons. The Morgan fingerprint density at radius 3 is 2.53 bits per heavy atom. The number of piperidine rings is 1. The summed E-state index contributed by atoms with van der Waals surface area (Å²) in [6.07, 6.45) is 0.806. The molecule has 1 aromatic heterocycles. The van der Waals surface area contributed by atoms with Gasteiger partial charge >= 0.3 is 5.97 Å². The number of ether oxygens (including phenoxy) is 1. The summed E-state index contributed by atoms with van der Waals surface area (Å²) in [5.41, 5.74) is 1.21. The van der Waals surface area contributed by atoms with Gasteiger partial charge in [-0.2, -0.15) is 0 Å². The molecule has 0 N–H and O–H groups in total. The highest BCUT2D eigenvalue weighted by Gasteiger charge is 2.30. The van der Waals surface area contributed by atoms with Crippen molar-refractivity contribution in [2.24, 2.45) is 5.92 Å². The molecule has 0 unspecified atom stereocenters. The van der Waals surface area contributed by atoms with Crippen LogP contribution in [0.25, 0.3) is 11.5 Å². The zero-order valence-electron chi connectivity index (χ0n) is 17.5. The molecule has 8 heteroatoms. The van der Waals surface area contributed by atoms with Crippen molar-refractivity contribution in [3.05, 3.63) is 77.2 Å². The van der Waals surface area contributed by atoms with Gasteiger partial charge in [0.15, 0.2) is 0 Å². The molecule has 3 aromatic rings. The number of oxazole rings is 1. The van der Waals surface area contributed by atoms with Crippen LogP contribution in [0.3, 0.4) is 0 Å². The number of benzene rings is 2. The molecule has 0 aliphatic carbocycles. The van der Waals surface area contributed by atoms with Gasteiger partial charge in [0.1, 0.15) is 29.7 Å². The molecule has 1 aliphatic rings. The van der Waals surface area contributed by atoms with Crippen molar-refractivity contribution in [1.82, 2.24) is 9.88 Å². The van der Waals surface area contributed by atoms with Gasteiger partial charge < -0.3 is 14.1 Å². The Morgan fingerprint density at radius 1 is 1.12 bits per heavy atom. The van der Waals surface area contributed by atoms with Crippen LogP contribution in [0.1, 0.15) is 34.7 Å². The first kappa shape index (κ1) is 21.7. The zero-order chi connectivity index (χ0) is 22.7. The minimum Gasteiger partial charge on any atom is -0.459 e. The predicted octanol–water partition coefficient (Wildman–Crippen LogP) is 4.52. The lowest BCUT2D eigenvalue weighted by Gasteiger charge is -2.31. The summed E-state index contributed by atoms with van der Waals surface area (Å²) in [6.45, 7) is 2.34. The molecule has 0 saturated carbocycles. The summed E-state index contributed by atoms with van der Waals surface area (Å²) < 4.78 is 38.1. The molecule has 6 nitrogen and oxygen atoms in total. The first-order valence-electron chi connectivity index (χ1n) is 10.3. The highest BCUT2D eigenvalue weighted by molar-refractivity contribution is 5.94. The fourth-order valence-corrected chi connectivity index (χ4v) is 3.68. The number of carbonyl (C=O) groups is 2. The maximum atomic E-state index is 13.9. The average molecular weight is 440 g/mol. The summed E-state index contributed by atoms with van der Waals surface area (Å²) in [7, 11) is 0. The van der Waals surface area contributed by atoms with E-state index in [1.807, 2.05) is 30.3 Å². The molecular weight excluding hydrogens is 418 g/mol. The summed E-state index contributed by atoms with van der Waals surface area (Å²) in [6, 6.07) is 12.3. The van der Waals surface area contributed by atoms with Crippen molar-refractivity contribution in [3.8, 4) is 11.5 Å². The third-order valence-corrected chi connectivity index (χ3v) is 5.54. The van der Waals surface area contributed by atoms with Gasteiger partial charge in [-0.15, -0.1) is 0 Å². The van der Waals surface area contributed by atoms with Crippen LogP contribution in [0.4, 0.5) is 8.78 Å². The number of halogens is 2. The molecule has 1 saturated heterocycles. The van der Waals surface area contributed by atoms with Crippen molar-refractivity contribution in [2.75, 3.05) is 13.1 Å². The van der Waals surface area contributed by atoms with Crippen LogP contribution in [0, 0.1) is 24.5 Å². The van der Waals surface area contributed by atoms with Crippen LogP contribution < -0.4 is 0 Å². The Hall–Kier alpha value is -3.55. The third kappa shape index (κ3) is 4.69. The topological polar surface area (TPSA) is 72.6 Å². The quantitative estimate of drug-likeness (QED) is 0.546. The van der Waals surface area contributed by atoms with E-state index in [1.165, 1.54) is 4.90 Å². The van der Waals surface area contributed by atoms with Gasteiger partial charge in [0.25, 0.3) is 5.91 Å². The third-order valence-electron chi connectivity index (χ3n) is 5.54. The van der Waals surface area contributed by atoms with Crippen LogP contribution in [-0.2, 0) is 16.1 Å². The first-order chi connectivity index (χ1) is 15.4. The second-order valence-corrected chi connectivity index (χ2v) is 7.69. The molecule has 1 aliphatic heterocycles. The van der Waals surface area contributed by atoms with Gasteiger partial charge in [-0.3, -0.25) is 9.59 Å². The predicted molar refractivity (Wildman–Crippen MR) is 111 cm³/mol. The molecule has 2 aromatic carbocycles. The van der Waals surface area contributed by atoms with Gasteiger partial charge in [-0.25, -0.2) is 13.8 Å². The van der Waals surface area contributed by atoms with Crippen LogP contribution >= 0.6 is 0 Å². The molecule has 0 bridgehead atoms. The summed E-state index contributed by atoms with van der Waals surface area (Å²) >= 11 is 0. The van der Waals surface area contributed by atoms with Crippen LogP contribution in [0.2, 0.25) is 0 Å². The SMILES string of the molecule is Cc1oc(-c2ccccc2)nc1COC(=O)C1CCN(C(=O)c2ccc(F)cc2F)CC1. The Morgan fingerprint density at radius 2 is 1.84 bits per heavy atom. The van der Waals surface area contributed by atoms with Gasteiger partial charge in [-0.05, 0) is 44.0 Å². The molecule has 0 spiro atoms. The Labute approximate surface area is 183 Å². The molecule has 1 fully saturated rings. The van der Waals surface area contributed by atoms with E-state index in [4.69, 9.17) is 9.15 Å². The largest absolute Gasteiger partial charge is 0.459 e. The lowest BCUT2D eigenvalue weighted by atomic mass is 9.96. The summed E-state index contributed by atoms with van der Waals surface area (Å²) in [4.78, 5) is 30.9. The van der Waals surface area contributed by atoms with Crippen LogP contribution in [-0.4, -0.2) is 34.8 Å². The normalized spacial score (nSPS) is 14.4. The van der Waals surface area contributed by atoms with Gasteiger partial charge in [0, 0.05) is 24.7 Å². The Balaban J connectivity index is 1.31. The lowest BCUT2D eigenvalue weighted by Crippen LogP contribution is -2.41. The number of amides is 1. The van der Waals surface area contributed by atoms with E-state index in [2.05, 4.69) is 4.98 Å². The van der Waals surface area contributed by atoms with Crippen molar-refractivity contribution in [2.45, 2.75) is 26.4 Å². The number of nitrogens with zero attached hydrogens (tertiary/aromatic N) is 2. The number of aromatic nitrogens is 1. The van der Waals surface area contributed by atoms with Crippen LogP contribution in [0.15, 0.2) is 52.9 Å². The van der Waals surface area contributed by atoms with E-state index in [0.717, 1.165) is 17.7 Å². The minimum atomic E-state index is -0.894. The number of hydrogen-bond acceptors (Lipinski definition) is 5. The van der Waals surface area contributed by atoms with E-state index in [9.17, 15) is 18.4 Å². The zero-order valence-corrected chi connectivity index (χ0v) is 17.5. The van der Waals surface area contributed by atoms with Crippen molar-refractivity contribution >= 4 is 11.9 Å². The molecule has 4 rings (SSSR count). The van der Waals surface area contributed by atoms with E-state index in [1.54, 1.807) is 6.92 Å². The molecule has 2 heterocycles. The number of aryl methyl sites for hydroxylation is 1. The highest BCUT2D eigenvalue weighted by Crippen LogP contribution is 2.24. The molecule has 32 heavy (non-hydrogen) atoms. The Kier molecular flexibility index (Phi) is 6.30. The van der Waals surface area contributed by atoms with Gasteiger partial charge in [0.2, 0.25) is 5.89 Å². The maximum Gasteiger partial charge on any atom is 0.309 e. The summed E-state index contributed by atoms with van der Waals surface area (Å²) in [5.74, 6) is -1.83. The second kappa shape index (κ2) is 9.30. The average Bonchev–Trinajstić information content (AvgIpc) is 3.18. The highest BCUT2D eigenvalue weighted by atomic mass is 19.1. The Bertz CT molecular complexity index is 1120. The van der Waals surface area contributed by atoms with Crippen molar-refractivity contribution in [3.63, 3.8) is 0 Å².